The summed E-state index contributed by atoms with van der Waals surface area (Å²) in [6, 6.07) is 12.9. The molecule has 2 heterocycles. The van der Waals surface area contributed by atoms with Crippen LogP contribution in [-0.2, 0) is 11.2 Å². The molecular weight excluding hydrogens is 374 g/mol. The number of hydrogen-bond acceptors (Lipinski definition) is 6. The minimum Gasteiger partial charge on any atom is -0.486 e. The molecule has 2 aliphatic rings. The molecule has 1 fully saturated rings. The molecule has 0 spiro atoms. The molecular formula is C21H23N3O5. The number of amides is 1. The molecule has 29 heavy (non-hydrogen) atoms. The van der Waals surface area contributed by atoms with Crippen molar-refractivity contribution in [1.29, 1.82) is 0 Å². The summed E-state index contributed by atoms with van der Waals surface area (Å²) in [4.78, 5) is 25.8. The predicted octanol–water partition coefficient (Wildman–Crippen LogP) is 2.11. The molecule has 2 aromatic carbocycles. The van der Waals surface area contributed by atoms with Gasteiger partial charge < -0.3 is 20.1 Å². The molecule has 152 valence electrons. The number of nitrogens with two attached hydrogens (primary N) is 1. The van der Waals surface area contributed by atoms with Crippen LogP contribution in [0.5, 0.6) is 11.5 Å². The monoisotopic (exact) mass is 397 g/mol. The Balaban J connectivity index is 1.54. The van der Waals surface area contributed by atoms with Crippen molar-refractivity contribution in [1.82, 2.24) is 4.90 Å². The summed E-state index contributed by atoms with van der Waals surface area (Å²) in [5.41, 5.74) is 7.32. The van der Waals surface area contributed by atoms with Gasteiger partial charge in [0.1, 0.15) is 13.2 Å². The van der Waals surface area contributed by atoms with E-state index in [1.54, 1.807) is 11.0 Å². The number of nitro groups is 1. The first kappa shape index (κ1) is 19.2. The molecule has 8 nitrogen and oxygen atoms in total. The molecule has 0 radical (unpaired) electrons. The fourth-order valence-corrected chi connectivity index (χ4v) is 4.10. The SMILES string of the molecule is NC[C@@H]1CN(C(=O)Cc2cc3c(cc2[N+](=O)[O-])OCCO3)C[C@H]1c1ccccc1. The molecule has 1 amide bonds. The quantitative estimate of drug-likeness (QED) is 0.612. The number of rotatable bonds is 5. The van der Waals surface area contributed by atoms with Crippen LogP contribution in [0.25, 0.3) is 0 Å². The van der Waals surface area contributed by atoms with Crippen LogP contribution in [0.4, 0.5) is 5.69 Å². The maximum atomic E-state index is 13.0. The summed E-state index contributed by atoms with van der Waals surface area (Å²) in [7, 11) is 0. The second-order valence-electron chi connectivity index (χ2n) is 7.37. The third-order valence-electron chi connectivity index (χ3n) is 5.61. The lowest BCUT2D eigenvalue weighted by Crippen LogP contribution is -2.31. The summed E-state index contributed by atoms with van der Waals surface area (Å²) < 4.78 is 11.0. The zero-order valence-corrected chi connectivity index (χ0v) is 16.0. The summed E-state index contributed by atoms with van der Waals surface area (Å²) in [6.45, 7) is 2.31. The van der Waals surface area contributed by atoms with E-state index in [0.29, 0.717) is 49.9 Å². The van der Waals surface area contributed by atoms with Crippen molar-refractivity contribution < 1.29 is 19.2 Å². The zero-order valence-electron chi connectivity index (χ0n) is 16.0. The van der Waals surface area contributed by atoms with Gasteiger partial charge in [-0.05, 0) is 24.1 Å². The van der Waals surface area contributed by atoms with E-state index in [-0.39, 0.29) is 29.9 Å². The first-order valence-corrected chi connectivity index (χ1v) is 9.66. The molecule has 2 aromatic rings. The molecule has 2 aliphatic heterocycles. The summed E-state index contributed by atoms with van der Waals surface area (Å²) in [5.74, 6) is 0.958. The molecule has 0 bridgehead atoms. The Kier molecular flexibility index (Phi) is 5.35. The van der Waals surface area contributed by atoms with E-state index < -0.39 is 4.92 Å². The number of carbonyl (C=O) groups excluding carboxylic acids is 1. The van der Waals surface area contributed by atoms with Gasteiger partial charge in [0.25, 0.3) is 5.69 Å². The van der Waals surface area contributed by atoms with Gasteiger partial charge in [0, 0.05) is 24.6 Å². The van der Waals surface area contributed by atoms with Crippen LogP contribution in [0.1, 0.15) is 17.0 Å². The van der Waals surface area contributed by atoms with Crippen molar-refractivity contribution in [3.63, 3.8) is 0 Å². The first-order valence-electron chi connectivity index (χ1n) is 9.66. The largest absolute Gasteiger partial charge is 0.486 e. The average molecular weight is 397 g/mol. The maximum absolute atomic E-state index is 13.0. The van der Waals surface area contributed by atoms with E-state index in [1.807, 2.05) is 30.3 Å². The second kappa shape index (κ2) is 8.08. The van der Waals surface area contributed by atoms with E-state index in [0.717, 1.165) is 5.56 Å². The molecule has 0 aromatic heterocycles. The summed E-state index contributed by atoms with van der Waals surface area (Å²) >= 11 is 0. The minimum absolute atomic E-state index is 0.0637. The van der Waals surface area contributed by atoms with Crippen molar-refractivity contribution in [3.05, 3.63) is 63.7 Å². The molecule has 2 N–H and O–H groups in total. The van der Waals surface area contributed by atoms with Crippen LogP contribution in [0.15, 0.2) is 42.5 Å². The van der Waals surface area contributed by atoms with Gasteiger partial charge in [-0.15, -0.1) is 0 Å². The molecule has 0 aliphatic carbocycles. The Morgan fingerprint density at radius 3 is 2.48 bits per heavy atom. The molecule has 4 rings (SSSR count). The highest BCUT2D eigenvalue weighted by molar-refractivity contribution is 5.81. The van der Waals surface area contributed by atoms with Crippen LogP contribution >= 0.6 is 0 Å². The summed E-state index contributed by atoms with van der Waals surface area (Å²) in [6.07, 6.45) is -0.0637. The Morgan fingerprint density at radius 1 is 1.14 bits per heavy atom. The van der Waals surface area contributed by atoms with E-state index in [4.69, 9.17) is 15.2 Å². The van der Waals surface area contributed by atoms with E-state index in [1.165, 1.54) is 6.07 Å². The van der Waals surface area contributed by atoms with Crippen molar-refractivity contribution in [3.8, 4) is 11.5 Å². The van der Waals surface area contributed by atoms with Gasteiger partial charge in [-0.3, -0.25) is 14.9 Å². The van der Waals surface area contributed by atoms with E-state index in [9.17, 15) is 14.9 Å². The van der Waals surface area contributed by atoms with Crippen LogP contribution in [0.3, 0.4) is 0 Å². The van der Waals surface area contributed by atoms with Crippen LogP contribution in [-0.4, -0.2) is 48.6 Å². The first-order chi connectivity index (χ1) is 14.1. The number of likely N-dealkylation sites (tertiary alicyclic amines) is 1. The molecule has 1 saturated heterocycles. The molecule has 0 unspecified atom stereocenters. The maximum Gasteiger partial charge on any atom is 0.277 e. The molecule has 8 heteroatoms. The van der Waals surface area contributed by atoms with Crippen molar-refractivity contribution in [2.45, 2.75) is 12.3 Å². The lowest BCUT2D eigenvalue weighted by atomic mass is 9.89. The standard InChI is InChI=1S/C21H23N3O5/c22-11-16-12-23(13-17(16)14-4-2-1-3-5-14)21(25)9-15-8-19-20(29-7-6-28-19)10-18(15)24(26)27/h1-5,8,10,16-17H,6-7,9,11-13,22H2/t16-,17+/m1/s1. The highest BCUT2D eigenvalue weighted by atomic mass is 16.6. The number of benzene rings is 2. The van der Waals surface area contributed by atoms with Crippen molar-refractivity contribution in [2.75, 3.05) is 32.8 Å². The fraction of sp³-hybridized carbons (Fsp3) is 0.381. The number of fused-ring (bicyclic) bond motifs is 1. The van der Waals surface area contributed by atoms with Crippen LogP contribution in [0.2, 0.25) is 0 Å². The highest BCUT2D eigenvalue weighted by Gasteiger charge is 2.36. The van der Waals surface area contributed by atoms with Gasteiger partial charge in [0.2, 0.25) is 5.91 Å². The average Bonchev–Trinajstić information content (AvgIpc) is 3.18. The predicted molar refractivity (Wildman–Crippen MR) is 106 cm³/mol. The number of ether oxygens (including phenoxy) is 2. The lowest BCUT2D eigenvalue weighted by Gasteiger charge is -2.20. The third kappa shape index (κ3) is 3.88. The molecule has 0 saturated carbocycles. The second-order valence-corrected chi connectivity index (χ2v) is 7.37. The Hall–Kier alpha value is -3.13. The van der Waals surface area contributed by atoms with Gasteiger partial charge >= 0.3 is 0 Å². The van der Waals surface area contributed by atoms with E-state index >= 15 is 0 Å². The Morgan fingerprint density at radius 2 is 1.83 bits per heavy atom. The summed E-state index contributed by atoms with van der Waals surface area (Å²) in [5, 5.41) is 11.5. The van der Waals surface area contributed by atoms with Gasteiger partial charge in [-0.25, -0.2) is 0 Å². The normalized spacial score (nSPS) is 20.5. The van der Waals surface area contributed by atoms with Crippen LogP contribution in [0, 0.1) is 16.0 Å². The minimum atomic E-state index is -0.486. The lowest BCUT2D eigenvalue weighted by molar-refractivity contribution is -0.385. The Labute approximate surface area is 168 Å². The van der Waals surface area contributed by atoms with Crippen molar-refractivity contribution in [2.24, 2.45) is 11.7 Å². The van der Waals surface area contributed by atoms with Gasteiger partial charge in [0.15, 0.2) is 11.5 Å². The number of carbonyl (C=O) groups is 1. The fourth-order valence-electron chi connectivity index (χ4n) is 4.10. The highest BCUT2D eigenvalue weighted by Crippen LogP contribution is 2.38. The number of nitrogens with zero attached hydrogens (tertiary/aromatic N) is 2. The Bertz CT molecular complexity index is 918. The zero-order chi connectivity index (χ0) is 20.4. The van der Waals surface area contributed by atoms with Crippen LogP contribution < -0.4 is 15.2 Å². The number of hydrogen-bond donors (Lipinski definition) is 1. The van der Waals surface area contributed by atoms with Gasteiger partial charge in [-0.2, -0.15) is 0 Å². The molecule has 2 atom stereocenters. The number of nitro benzene ring substituents is 1. The van der Waals surface area contributed by atoms with Gasteiger partial charge in [-0.1, -0.05) is 30.3 Å². The topological polar surface area (TPSA) is 108 Å². The van der Waals surface area contributed by atoms with Gasteiger partial charge in [0.05, 0.1) is 17.4 Å². The van der Waals surface area contributed by atoms with Crippen molar-refractivity contribution >= 4 is 11.6 Å². The third-order valence-corrected chi connectivity index (χ3v) is 5.61. The smallest absolute Gasteiger partial charge is 0.277 e. The van der Waals surface area contributed by atoms with E-state index in [2.05, 4.69) is 0 Å².